The minimum atomic E-state index is -1.08. The number of carbonyl (C=O) groups is 4. The van der Waals surface area contributed by atoms with Crippen molar-refractivity contribution >= 4 is 23.9 Å². The first-order valence-corrected chi connectivity index (χ1v) is 6.81. The Labute approximate surface area is 151 Å². The third-order valence-corrected chi connectivity index (χ3v) is 1.36. The number of rotatable bonds is 6. The second kappa shape index (κ2) is 28.7. The standard InChI is InChI=1S/3C4H8O2.C2H4O2.Ti/c3*1-2-3-4(5)6;1-2(3)4;/h3*2-3H2,1H3,(H,5,6);1H3,(H,3,4);/q;;;;+4/p-4. The summed E-state index contributed by atoms with van der Waals surface area (Å²) in [5, 5.41) is 37.4. The minimum Gasteiger partial charge on any atom is -0.550 e. The predicted molar refractivity (Wildman–Crippen MR) is 70.4 cm³/mol. The van der Waals surface area contributed by atoms with Crippen molar-refractivity contribution in [3.05, 3.63) is 0 Å². The predicted octanol–water partition coefficient (Wildman–Crippen LogP) is -2.64. The summed E-state index contributed by atoms with van der Waals surface area (Å²) in [6.45, 7) is 6.38. The van der Waals surface area contributed by atoms with Gasteiger partial charge in [0.15, 0.2) is 0 Å². The molecular formula is C14H24O8Ti. The molecule has 0 spiro atoms. The first-order valence-electron chi connectivity index (χ1n) is 6.81. The molecule has 0 bridgehead atoms. The Hall–Kier alpha value is -1.41. The Morgan fingerprint density at radius 2 is 0.739 bits per heavy atom. The summed E-state index contributed by atoms with van der Waals surface area (Å²) in [5.74, 6) is -3.97. The fraction of sp³-hybridized carbons (Fsp3) is 0.714. The Balaban J connectivity index is -0.0000000624. The molecular weight excluding hydrogens is 344 g/mol. The minimum absolute atomic E-state index is 0. The fourth-order valence-corrected chi connectivity index (χ4v) is 0.612. The summed E-state index contributed by atoms with van der Waals surface area (Å²) in [7, 11) is 0. The normalized spacial score (nSPS) is 7.48. The SMILES string of the molecule is CC(=O)[O-].CCCC(=O)[O-].CCCC(=O)[O-].CCCC(=O)[O-].[Ti+4]. The van der Waals surface area contributed by atoms with Crippen molar-refractivity contribution in [3.8, 4) is 0 Å². The molecule has 0 aliphatic carbocycles. The Bertz CT molecular complexity index is 263. The smallest absolute Gasteiger partial charge is 0.550 e. The number of aliphatic carboxylic acids is 4. The number of carboxylic acids is 4. The van der Waals surface area contributed by atoms with Crippen LogP contribution in [0.2, 0.25) is 0 Å². The zero-order chi connectivity index (χ0) is 18.6. The first kappa shape index (κ1) is 33.3. The average molecular weight is 368 g/mol. The molecule has 0 unspecified atom stereocenters. The van der Waals surface area contributed by atoms with E-state index in [9.17, 15) is 29.7 Å². The van der Waals surface area contributed by atoms with E-state index in [1.165, 1.54) is 0 Å². The van der Waals surface area contributed by atoms with Crippen molar-refractivity contribution in [1.29, 1.82) is 0 Å². The summed E-state index contributed by atoms with van der Waals surface area (Å²) in [6.07, 6.45) is 2.55. The Morgan fingerprint density at radius 3 is 0.739 bits per heavy atom. The van der Waals surface area contributed by atoms with Crippen molar-refractivity contribution in [2.45, 2.75) is 66.2 Å². The Kier molecular flexibility index (Phi) is 41.5. The molecule has 0 aromatic carbocycles. The van der Waals surface area contributed by atoms with Crippen LogP contribution in [0.4, 0.5) is 0 Å². The molecule has 23 heavy (non-hydrogen) atoms. The molecule has 0 saturated heterocycles. The van der Waals surface area contributed by atoms with Gasteiger partial charge in [-0.1, -0.05) is 40.0 Å². The molecule has 0 fully saturated rings. The van der Waals surface area contributed by atoms with Gasteiger partial charge in [-0.15, -0.1) is 0 Å². The molecule has 0 amide bonds. The van der Waals surface area contributed by atoms with E-state index in [1.54, 1.807) is 20.8 Å². The average Bonchev–Trinajstić information content (AvgIpc) is 2.28. The van der Waals surface area contributed by atoms with Gasteiger partial charge in [-0.2, -0.15) is 0 Å². The van der Waals surface area contributed by atoms with Gasteiger partial charge in [-0.3, -0.25) is 0 Å². The molecule has 0 aromatic heterocycles. The molecule has 0 saturated carbocycles. The van der Waals surface area contributed by atoms with Crippen molar-refractivity contribution < 1.29 is 61.3 Å². The number of hydrogen-bond acceptors (Lipinski definition) is 8. The number of carboxylic acid groups (broad SMARTS) is 4. The van der Waals surface area contributed by atoms with E-state index in [0.717, 1.165) is 6.92 Å². The molecule has 0 N–H and O–H groups in total. The van der Waals surface area contributed by atoms with Gasteiger partial charge in [0.2, 0.25) is 0 Å². The summed E-state index contributed by atoms with van der Waals surface area (Å²) >= 11 is 0. The largest absolute Gasteiger partial charge is 4.00 e. The molecule has 0 rings (SSSR count). The van der Waals surface area contributed by atoms with Crippen molar-refractivity contribution in [3.63, 3.8) is 0 Å². The van der Waals surface area contributed by atoms with Crippen LogP contribution in [0.5, 0.6) is 0 Å². The maximum absolute atomic E-state index is 9.49. The molecule has 9 heteroatoms. The Morgan fingerprint density at radius 1 is 0.609 bits per heavy atom. The molecule has 8 nitrogen and oxygen atoms in total. The van der Waals surface area contributed by atoms with E-state index >= 15 is 0 Å². The van der Waals surface area contributed by atoms with Crippen LogP contribution >= 0.6 is 0 Å². The van der Waals surface area contributed by atoms with Crippen molar-refractivity contribution in [2.75, 3.05) is 0 Å². The molecule has 0 aromatic rings. The summed E-state index contributed by atoms with van der Waals surface area (Å²) in [5.41, 5.74) is 0. The zero-order valence-electron chi connectivity index (χ0n) is 14.0. The van der Waals surface area contributed by atoms with Crippen LogP contribution in [0.25, 0.3) is 0 Å². The van der Waals surface area contributed by atoms with Gasteiger partial charge in [0.25, 0.3) is 0 Å². The number of carbonyl (C=O) groups excluding carboxylic acids is 4. The van der Waals surface area contributed by atoms with Crippen LogP contribution in [0, 0.1) is 0 Å². The molecule has 0 aliphatic rings. The maximum Gasteiger partial charge on any atom is 4.00 e. The van der Waals surface area contributed by atoms with Crippen molar-refractivity contribution in [2.24, 2.45) is 0 Å². The summed E-state index contributed by atoms with van der Waals surface area (Å²) in [6, 6.07) is 0. The van der Waals surface area contributed by atoms with Gasteiger partial charge in [0.05, 0.1) is 0 Å². The van der Waals surface area contributed by atoms with E-state index in [4.69, 9.17) is 9.90 Å². The third-order valence-electron chi connectivity index (χ3n) is 1.36. The topological polar surface area (TPSA) is 161 Å². The third kappa shape index (κ3) is 123. The molecule has 0 heterocycles. The van der Waals surface area contributed by atoms with E-state index in [0.29, 0.717) is 19.3 Å². The van der Waals surface area contributed by atoms with Gasteiger partial charge in [0.1, 0.15) is 0 Å². The maximum atomic E-state index is 9.49. The van der Waals surface area contributed by atoms with Crippen LogP contribution in [0.15, 0.2) is 0 Å². The van der Waals surface area contributed by atoms with Gasteiger partial charge >= 0.3 is 21.7 Å². The van der Waals surface area contributed by atoms with Gasteiger partial charge in [0, 0.05) is 23.9 Å². The van der Waals surface area contributed by atoms with Crippen LogP contribution in [0.3, 0.4) is 0 Å². The van der Waals surface area contributed by atoms with Crippen LogP contribution in [0.1, 0.15) is 66.2 Å². The van der Waals surface area contributed by atoms with E-state index in [2.05, 4.69) is 0 Å². The first-order chi connectivity index (χ1) is 10.0. The van der Waals surface area contributed by atoms with E-state index in [-0.39, 0.29) is 41.0 Å². The summed E-state index contributed by atoms with van der Waals surface area (Å²) in [4.78, 5) is 37.4. The van der Waals surface area contributed by atoms with Crippen LogP contribution in [-0.2, 0) is 40.9 Å². The van der Waals surface area contributed by atoms with E-state index < -0.39 is 23.9 Å². The van der Waals surface area contributed by atoms with Gasteiger partial charge in [-0.05, 0) is 26.2 Å². The monoisotopic (exact) mass is 368 g/mol. The van der Waals surface area contributed by atoms with Gasteiger partial charge < -0.3 is 39.6 Å². The fourth-order valence-electron chi connectivity index (χ4n) is 0.612. The molecule has 0 aliphatic heterocycles. The summed E-state index contributed by atoms with van der Waals surface area (Å²) < 4.78 is 0. The van der Waals surface area contributed by atoms with Crippen LogP contribution in [-0.4, -0.2) is 23.9 Å². The number of hydrogen-bond donors (Lipinski definition) is 0. The van der Waals surface area contributed by atoms with Gasteiger partial charge in [-0.25, -0.2) is 0 Å². The molecule has 0 radical (unpaired) electrons. The van der Waals surface area contributed by atoms with Crippen LogP contribution < -0.4 is 20.4 Å². The zero-order valence-corrected chi connectivity index (χ0v) is 15.6. The second-order valence-electron chi connectivity index (χ2n) is 3.86. The quantitative estimate of drug-likeness (QED) is 0.460. The second-order valence-corrected chi connectivity index (χ2v) is 3.86. The van der Waals surface area contributed by atoms with E-state index in [1.807, 2.05) is 0 Å². The van der Waals surface area contributed by atoms with Crippen molar-refractivity contribution in [1.82, 2.24) is 0 Å². The molecule has 132 valence electrons. The molecule has 0 atom stereocenters.